The average molecular weight is 425 g/mol. The van der Waals surface area contributed by atoms with Gasteiger partial charge in [-0.1, -0.05) is 13.8 Å². The van der Waals surface area contributed by atoms with Gasteiger partial charge < -0.3 is 15.4 Å². The molecule has 0 spiro atoms. The zero-order valence-corrected chi connectivity index (χ0v) is 17.2. The molecule has 164 valence electrons. The standard InChI is InChI=1S/C19H26F3N7O/c1-12(2)17-27-15-6-5-14(11-29(15)28-17)26-18(23-3)24-8-9-30-16-7-4-13(10-25-16)19(20,21)22/h4,7,10,12,14H,5-6,8-9,11H2,1-3H3,(H2,23,24,26). The lowest BCUT2D eigenvalue weighted by Gasteiger charge is -2.25. The number of guanidine groups is 1. The van der Waals surface area contributed by atoms with E-state index in [0.29, 0.717) is 25.0 Å². The normalized spacial score (nSPS) is 17.0. The lowest BCUT2D eigenvalue weighted by Crippen LogP contribution is -2.47. The van der Waals surface area contributed by atoms with Gasteiger partial charge in [0.1, 0.15) is 12.4 Å². The molecule has 0 amide bonds. The second-order valence-electron chi connectivity index (χ2n) is 7.33. The van der Waals surface area contributed by atoms with Crippen molar-refractivity contribution in [3.8, 4) is 5.88 Å². The predicted molar refractivity (Wildman–Crippen MR) is 105 cm³/mol. The number of hydrogen-bond acceptors (Lipinski definition) is 5. The maximum atomic E-state index is 12.5. The van der Waals surface area contributed by atoms with Gasteiger partial charge in [-0.25, -0.2) is 14.6 Å². The third-order valence-corrected chi connectivity index (χ3v) is 4.66. The first kappa shape index (κ1) is 21.8. The van der Waals surface area contributed by atoms with E-state index in [2.05, 4.69) is 44.5 Å². The second kappa shape index (κ2) is 9.31. The Balaban J connectivity index is 1.43. The Labute approximate surface area is 173 Å². The molecule has 0 aliphatic carbocycles. The maximum absolute atomic E-state index is 12.5. The third kappa shape index (κ3) is 5.61. The minimum Gasteiger partial charge on any atom is -0.476 e. The molecule has 2 N–H and O–H groups in total. The molecular weight excluding hydrogens is 399 g/mol. The highest BCUT2D eigenvalue weighted by Crippen LogP contribution is 2.29. The highest BCUT2D eigenvalue weighted by Gasteiger charge is 2.30. The van der Waals surface area contributed by atoms with Crippen LogP contribution in [0.5, 0.6) is 5.88 Å². The number of aromatic nitrogens is 4. The molecule has 0 radical (unpaired) electrons. The molecule has 1 atom stereocenters. The summed E-state index contributed by atoms with van der Waals surface area (Å²) in [5.74, 6) is 2.93. The fourth-order valence-electron chi connectivity index (χ4n) is 3.04. The predicted octanol–water partition coefficient (Wildman–Crippen LogP) is 2.37. The summed E-state index contributed by atoms with van der Waals surface area (Å²) in [6.45, 7) is 5.51. The van der Waals surface area contributed by atoms with Crippen molar-refractivity contribution in [2.45, 2.75) is 51.4 Å². The highest BCUT2D eigenvalue weighted by atomic mass is 19.4. The molecule has 8 nitrogen and oxygen atoms in total. The first-order valence-corrected chi connectivity index (χ1v) is 9.83. The number of aryl methyl sites for hydroxylation is 1. The molecule has 1 unspecified atom stereocenters. The molecule has 2 aromatic rings. The van der Waals surface area contributed by atoms with Crippen molar-refractivity contribution in [3.05, 3.63) is 35.5 Å². The van der Waals surface area contributed by atoms with Gasteiger partial charge in [0.15, 0.2) is 11.8 Å². The molecule has 2 aromatic heterocycles. The summed E-state index contributed by atoms with van der Waals surface area (Å²) >= 11 is 0. The number of fused-ring (bicyclic) bond motifs is 1. The molecule has 1 aliphatic heterocycles. The van der Waals surface area contributed by atoms with Crippen LogP contribution in [0.1, 0.15) is 43.4 Å². The Bertz CT molecular complexity index is 862. The molecule has 1 aliphatic rings. The van der Waals surface area contributed by atoms with E-state index in [4.69, 9.17) is 4.74 Å². The second-order valence-corrected chi connectivity index (χ2v) is 7.33. The molecule has 0 saturated carbocycles. The van der Waals surface area contributed by atoms with Crippen LogP contribution in [0.15, 0.2) is 23.3 Å². The number of ether oxygens (including phenoxy) is 1. The number of halogens is 3. The number of pyridine rings is 1. The molecule has 3 rings (SSSR count). The van der Waals surface area contributed by atoms with Crippen molar-refractivity contribution in [3.63, 3.8) is 0 Å². The van der Waals surface area contributed by atoms with E-state index in [1.54, 1.807) is 7.05 Å². The molecule has 0 aromatic carbocycles. The Morgan fingerprint density at radius 3 is 2.80 bits per heavy atom. The number of nitrogens with one attached hydrogen (secondary N) is 2. The molecule has 11 heteroatoms. The highest BCUT2D eigenvalue weighted by molar-refractivity contribution is 5.79. The van der Waals surface area contributed by atoms with Crippen LogP contribution < -0.4 is 15.4 Å². The smallest absolute Gasteiger partial charge is 0.417 e. The minimum absolute atomic E-state index is 0.139. The fraction of sp³-hybridized carbons (Fsp3) is 0.579. The molecular formula is C19H26F3N7O. The van der Waals surface area contributed by atoms with Gasteiger partial charge in [0.05, 0.1) is 18.7 Å². The van der Waals surface area contributed by atoms with Crippen molar-refractivity contribution in [2.75, 3.05) is 20.2 Å². The van der Waals surface area contributed by atoms with E-state index < -0.39 is 11.7 Å². The van der Waals surface area contributed by atoms with Gasteiger partial charge in [-0.05, 0) is 12.5 Å². The van der Waals surface area contributed by atoms with Gasteiger partial charge in [-0.2, -0.15) is 18.3 Å². The molecule has 30 heavy (non-hydrogen) atoms. The summed E-state index contributed by atoms with van der Waals surface area (Å²) in [5, 5.41) is 11.1. The van der Waals surface area contributed by atoms with Crippen LogP contribution >= 0.6 is 0 Å². The van der Waals surface area contributed by atoms with E-state index in [-0.39, 0.29) is 18.5 Å². The first-order valence-electron chi connectivity index (χ1n) is 9.83. The lowest BCUT2D eigenvalue weighted by molar-refractivity contribution is -0.137. The number of aliphatic imine (C=N–C) groups is 1. The number of alkyl halides is 3. The zero-order valence-electron chi connectivity index (χ0n) is 17.2. The molecule has 0 fully saturated rings. The van der Waals surface area contributed by atoms with Crippen LogP contribution in [0.3, 0.4) is 0 Å². The topological polar surface area (TPSA) is 89.2 Å². The van der Waals surface area contributed by atoms with Crippen LogP contribution in [-0.2, 0) is 19.1 Å². The summed E-state index contributed by atoms with van der Waals surface area (Å²) in [7, 11) is 1.67. The Morgan fingerprint density at radius 1 is 1.37 bits per heavy atom. The summed E-state index contributed by atoms with van der Waals surface area (Å²) in [6, 6.07) is 2.32. The first-order chi connectivity index (χ1) is 14.3. The van der Waals surface area contributed by atoms with Gasteiger partial charge in [0, 0.05) is 37.7 Å². The van der Waals surface area contributed by atoms with E-state index in [9.17, 15) is 13.2 Å². The van der Waals surface area contributed by atoms with Crippen molar-refractivity contribution in [2.24, 2.45) is 4.99 Å². The van der Waals surface area contributed by atoms with Gasteiger partial charge in [-0.15, -0.1) is 0 Å². The van der Waals surface area contributed by atoms with E-state index in [0.717, 1.165) is 36.8 Å². The van der Waals surface area contributed by atoms with Crippen molar-refractivity contribution < 1.29 is 17.9 Å². The largest absolute Gasteiger partial charge is 0.476 e. The molecule has 0 bridgehead atoms. The third-order valence-electron chi connectivity index (χ3n) is 4.66. The zero-order chi connectivity index (χ0) is 21.7. The van der Waals surface area contributed by atoms with Gasteiger partial charge in [-0.3, -0.25) is 4.99 Å². The van der Waals surface area contributed by atoms with Gasteiger partial charge >= 0.3 is 6.18 Å². The summed E-state index contributed by atoms with van der Waals surface area (Å²) < 4.78 is 45.0. The summed E-state index contributed by atoms with van der Waals surface area (Å²) in [6.07, 6.45) is -1.89. The van der Waals surface area contributed by atoms with Gasteiger partial charge in [0.25, 0.3) is 0 Å². The minimum atomic E-state index is -4.41. The van der Waals surface area contributed by atoms with Crippen molar-refractivity contribution >= 4 is 5.96 Å². The van der Waals surface area contributed by atoms with Crippen LogP contribution in [0.2, 0.25) is 0 Å². The van der Waals surface area contributed by atoms with Gasteiger partial charge in [0.2, 0.25) is 5.88 Å². The van der Waals surface area contributed by atoms with E-state index >= 15 is 0 Å². The van der Waals surface area contributed by atoms with Crippen LogP contribution in [0.25, 0.3) is 0 Å². The lowest BCUT2D eigenvalue weighted by atomic mass is 10.1. The van der Waals surface area contributed by atoms with Crippen LogP contribution in [0.4, 0.5) is 13.2 Å². The number of rotatable bonds is 6. The SMILES string of the molecule is CN=C(NCCOc1ccc(C(F)(F)F)cn1)NC1CCc2nc(C(C)C)nn2C1. The summed E-state index contributed by atoms with van der Waals surface area (Å²) in [5.41, 5.74) is -0.805. The Kier molecular flexibility index (Phi) is 6.78. The van der Waals surface area contributed by atoms with Crippen LogP contribution in [0, 0.1) is 0 Å². The molecule has 0 saturated heterocycles. The number of hydrogen-bond donors (Lipinski definition) is 2. The van der Waals surface area contributed by atoms with E-state index in [1.165, 1.54) is 6.07 Å². The fourth-order valence-corrected chi connectivity index (χ4v) is 3.04. The maximum Gasteiger partial charge on any atom is 0.417 e. The van der Waals surface area contributed by atoms with E-state index in [1.807, 2.05) is 4.68 Å². The number of nitrogens with zero attached hydrogens (tertiary/aromatic N) is 5. The van der Waals surface area contributed by atoms with Crippen molar-refractivity contribution in [1.29, 1.82) is 0 Å². The monoisotopic (exact) mass is 425 g/mol. The Morgan fingerprint density at radius 2 is 2.17 bits per heavy atom. The van der Waals surface area contributed by atoms with Crippen molar-refractivity contribution in [1.82, 2.24) is 30.4 Å². The van der Waals surface area contributed by atoms with Crippen LogP contribution in [-0.4, -0.2) is 51.9 Å². The quantitative estimate of drug-likeness (QED) is 0.420. The summed E-state index contributed by atoms with van der Waals surface area (Å²) in [4.78, 5) is 12.5. The Hall–Kier alpha value is -2.85. The average Bonchev–Trinajstić information content (AvgIpc) is 3.14. The molecule has 3 heterocycles.